The minimum absolute atomic E-state index is 0.0749. The fraction of sp³-hybridized carbons (Fsp3) is 0.526. The molecule has 1 heterocycles. The molecule has 0 unspecified atom stereocenters. The number of amidine groups is 1. The van der Waals surface area contributed by atoms with Crippen LogP contribution in [0.1, 0.15) is 45.4 Å². The van der Waals surface area contributed by atoms with Gasteiger partial charge in [-0.25, -0.2) is 9.38 Å². The number of hydrogen-bond donors (Lipinski definition) is 1. The number of rotatable bonds is 5. The molecular weight excluding hydrogens is 433 g/mol. The number of benzene rings is 1. The summed E-state index contributed by atoms with van der Waals surface area (Å²) in [6.07, 6.45) is 5.56. The number of halogens is 2. The Morgan fingerprint density at radius 1 is 1.37 bits per heavy atom. The molecule has 0 saturated heterocycles. The predicted molar refractivity (Wildman–Crippen MR) is 110 cm³/mol. The molecule has 1 aromatic carbocycles. The maximum atomic E-state index is 13.9. The van der Waals surface area contributed by atoms with Crippen LogP contribution in [0.5, 0.6) is 0 Å². The largest absolute Gasteiger partial charge is 0.323 e. The van der Waals surface area contributed by atoms with Gasteiger partial charge in [0.25, 0.3) is 5.91 Å². The smallest absolute Gasteiger partial charge is 0.256 e. The first-order valence-electron chi connectivity index (χ1n) is 9.25. The molecule has 1 aromatic rings. The normalized spacial score (nSPS) is 18.7. The highest BCUT2D eigenvalue weighted by Gasteiger charge is 2.48. The van der Waals surface area contributed by atoms with Gasteiger partial charge < -0.3 is 5.32 Å². The molecule has 0 aromatic heterocycles. The van der Waals surface area contributed by atoms with E-state index in [2.05, 4.69) is 21.2 Å². The summed E-state index contributed by atoms with van der Waals surface area (Å²) in [6.45, 7) is 2.62. The third-order valence-corrected chi connectivity index (χ3v) is 6.32. The molecule has 27 heavy (non-hydrogen) atoms. The Morgan fingerprint density at radius 2 is 2.11 bits per heavy atom. The average Bonchev–Trinajstić information content (AvgIpc) is 2.89. The van der Waals surface area contributed by atoms with Gasteiger partial charge >= 0.3 is 0 Å². The minimum Gasteiger partial charge on any atom is -0.323 e. The molecule has 0 atom stereocenters. The van der Waals surface area contributed by atoms with Crippen molar-refractivity contribution in [3.8, 4) is 0 Å². The Morgan fingerprint density at radius 3 is 2.78 bits per heavy atom. The second-order valence-corrected chi connectivity index (χ2v) is 8.76. The topological polar surface area (TPSA) is 61.8 Å². The van der Waals surface area contributed by atoms with Crippen LogP contribution in [0.3, 0.4) is 0 Å². The molecule has 1 spiro atoms. The van der Waals surface area contributed by atoms with Gasteiger partial charge in [-0.3, -0.25) is 14.5 Å². The summed E-state index contributed by atoms with van der Waals surface area (Å²) >= 11 is 4.44. The van der Waals surface area contributed by atoms with E-state index in [9.17, 15) is 14.0 Å². The van der Waals surface area contributed by atoms with Gasteiger partial charge in [0.1, 0.15) is 11.4 Å². The molecule has 0 bridgehead atoms. The Bertz CT molecular complexity index is 765. The first kappa shape index (κ1) is 20.3. The molecule has 1 saturated carbocycles. The number of carbonyl (C=O) groups excluding carboxylic acids is 2. The van der Waals surface area contributed by atoms with E-state index in [-0.39, 0.29) is 23.3 Å². The van der Waals surface area contributed by atoms with E-state index in [1.165, 1.54) is 23.9 Å². The monoisotopic (exact) mass is 455 g/mol. The average molecular weight is 456 g/mol. The van der Waals surface area contributed by atoms with Crippen LogP contribution in [0.2, 0.25) is 0 Å². The third-order valence-electron chi connectivity index (χ3n) is 4.85. The molecule has 2 aliphatic rings. The van der Waals surface area contributed by atoms with Crippen LogP contribution in [0.15, 0.2) is 27.7 Å². The summed E-state index contributed by atoms with van der Waals surface area (Å²) in [6, 6.07) is 4.48. The lowest BCUT2D eigenvalue weighted by Crippen LogP contribution is -2.43. The molecular formula is C19H23BrFN3O2S. The molecule has 1 aliphatic heterocycles. The number of aliphatic imine (C=N–C) groups is 1. The molecule has 3 rings (SSSR count). The molecule has 5 nitrogen and oxygen atoms in total. The summed E-state index contributed by atoms with van der Waals surface area (Å²) in [5.74, 6) is -0.661. The molecule has 0 radical (unpaired) electrons. The number of anilines is 1. The van der Waals surface area contributed by atoms with Crippen molar-refractivity contribution in [3.05, 3.63) is 28.5 Å². The lowest BCUT2D eigenvalue weighted by atomic mass is 9.82. The zero-order chi connectivity index (χ0) is 19.4. The Balaban J connectivity index is 1.66. The van der Waals surface area contributed by atoms with Gasteiger partial charge in [-0.2, -0.15) is 0 Å². The van der Waals surface area contributed by atoms with E-state index in [1.807, 2.05) is 6.92 Å². The van der Waals surface area contributed by atoms with Crippen LogP contribution in [0, 0.1) is 5.82 Å². The summed E-state index contributed by atoms with van der Waals surface area (Å²) in [7, 11) is 0. The molecule has 1 aliphatic carbocycles. The first-order chi connectivity index (χ1) is 12.9. The van der Waals surface area contributed by atoms with E-state index in [0.717, 1.165) is 38.5 Å². The van der Waals surface area contributed by atoms with Crippen molar-refractivity contribution in [2.24, 2.45) is 4.99 Å². The second-order valence-electron chi connectivity index (χ2n) is 6.90. The number of amides is 2. The Hall–Kier alpha value is -1.41. The summed E-state index contributed by atoms with van der Waals surface area (Å²) < 4.78 is 14.5. The highest BCUT2D eigenvalue weighted by atomic mass is 79.9. The van der Waals surface area contributed by atoms with E-state index in [0.29, 0.717) is 16.2 Å². The van der Waals surface area contributed by atoms with E-state index in [1.54, 1.807) is 11.0 Å². The third kappa shape index (κ3) is 4.54. The van der Waals surface area contributed by atoms with Crippen LogP contribution in [0.4, 0.5) is 10.1 Å². The summed E-state index contributed by atoms with van der Waals surface area (Å²) in [5, 5.41) is 3.20. The maximum absolute atomic E-state index is 13.9. The van der Waals surface area contributed by atoms with E-state index in [4.69, 9.17) is 4.99 Å². The number of nitrogens with one attached hydrogen (secondary N) is 1. The fourth-order valence-corrected chi connectivity index (χ4v) is 4.76. The van der Waals surface area contributed by atoms with E-state index < -0.39 is 11.4 Å². The fourth-order valence-electron chi connectivity index (χ4n) is 3.53. The zero-order valence-electron chi connectivity index (χ0n) is 15.3. The van der Waals surface area contributed by atoms with Gasteiger partial charge in [-0.05, 0) is 37.5 Å². The van der Waals surface area contributed by atoms with Crippen molar-refractivity contribution in [1.29, 1.82) is 0 Å². The van der Waals surface area contributed by atoms with Gasteiger partial charge in [0.15, 0.2) is 5.17 Å². The van der Waals surface area contributed by atoms with E-state index >= 15 is 0 Å². The van der Waals surface area contributed by atoms with Crippen LogP contribution >= 0.6 is 27.7 Å². The number of carbonyl (C=O) groups is 2. The predicted octanol–water partition coefficient (Wildman–Crippen LogP) is 4.57. The molecule has 146 valence electrons. The van der Waals surface area contributed by atoms with Gasteiger partial charge in [0.05, 0.1) is 11.4 Å². The standard InChI is InChI=1S/C19H23BrFN3O2S/c1-2-10-24-17(26)19(8-4-3-5-9-19)23-18(24)27-12-16(25)22-15-7-6-13(20)11-14(15)21/h6-7,11H,2-5,8-10,12H2,1H3,(H,22,25). The number of hydrogen-bond acceptors (Lipinski definition) is 4. The lowest BCUT2D eigenvalue weighted by molar-refractivity contribution is -0.132. The molecule has 8 heteroatoms. The Kier molecular flexibility index (Phi) is 6.57. The zero-order valence-corrected chi connectivity index (χ0v) is 17.7. The van der Waals surface area contributed by atoms with Crippen molar-refractivity contribution in [3.63, 3.8) is 0 Å². The Labute approximate surface area is 171 Å². The minimum atomic E-state index is -0.621. The van der Waals surface area contributed by atoms with Gasteiger partial charge in [-0.15, -0.1) is 0 Å². The number of nitrogens with zero attached hydrogens (tertiary/aromatic N) is 2. The maximum Gasteiger partial charge on any atom is 0.256 e. The van der Waals surface area contributed by atoms with Crippen LogP contribution in [0.25, 0.3) is 0 Å². The van der Waals surface area contributed by atoms with Gasteiger partial charge in [0.2, 0.25) is 5.91 Å². The van der Waals surface area contributed by atoms with Crippen LogP contribution in [-0.4, -0.2) is 39.7 Å². The van der Waals surface area contributed by atoms with Crippen molar-refractivity contribution >= 4 is 50.4 Å². The summed E-state index contributed by atoms with van der Waals surface area (Å²) in [5.41, 5.74) is -0.480. The quantitative estimate of drug-likeness (QED) is 0.706. The van der Waals surface area contributed by atoms with Gasteiger partial charge in [0, 0.05) is 11.0 Å². The molecule has 2 amide bonds. The van der Waals surface area contributed by atoms with Crippen molar-refractivity contribution < 1.29 is 14.0 Å². The highest BCUT2D eigenvalue weighted by molar-refractivity contribution is 9.10. The highest BCUT2D eigenvalue weighted by Crippen LogP contribution is 2.39. The van der Waals surface area contributed by atoms with Crippen LogP contribution in [-0.2, 0) is 9.59 Å². The van der Waals surface area contributed by atoms with Crippen molar-refractivity contribution in [2.45, 2.75) is 51.0 Å². The van der Waals surface area contributed by atoms with Crippen molar-refractivity contribution in [2.75, 3.05) is 17.6 Å². The molecule has 1 fully saturated rings. The first-order valence-corrected chi connectivity index (χ1v) is 11.0. The number of thioether (sulfide) groups is 1. The SMILES string of the molecule is CCCN1C(=O)C2(CCCCC2)N=C1SCC(=O)Nc1ccc(Br)cc1F. The van der Waals surface area contributed by atoms with Crippen LogP contribution < -0.4 is 5.32 Å². The lowest BCUT2D eigenvalue weighted by Gasteiger charge is -2.29. The molecule has 1 N–H and O–H groups in total. The summed E-state index contributed by atoms with van der Waals surface area (Å²) in [4.78, 5) is 31.7. The second kappa shape index (κ2) is 8.73. The van der Waals surface area contributed by atoms with Crippen molar-refractivity contribution in [1.82, 2.24) is 4.90 Å². The van der Waals surface area contributed by atoms with Gasteiger partial charge in [-0.1, -0.05) is 53.9 Å².